The third-order valence-corrected chi connectivity index (χ3v) is 1.46. The standard InChI is InChI=1S/C7H12/c1-6-4-7(2,3)5-6/h1,4-5H2,2-3H3. The van der Waals surface area contributed by atoms with Gasteiger partial charge >= 0.3 is 0 Å². The first-order valence-electron chi connectivity index (χ1n) is 2.77. The highest BCUT2D eigenvalue weighted by Crippen LogP contribution is 2.42. The van der Waals surface area contributed by atoms with E-state index in [0.717, 1.165) is 0 Å². The molecule has 0 aliphatic heterocycles. The molecule has 0 nitrogen and oxygen atoms in total. The van der Waals surface area contributed by atoms with Crippen LogP contribution in [0, 0.1) is 5.41 Å². The lowest BCUT2D eigenvalue weighted by molar-refractivity contribution is 0.274. The van der Waals surface area contributed by atoms with E-state index in [2.05, 4.69) is 20.4 Å². The van der Waals surface area contributed by atoms with E-state index >= 15 is 0 Å². The summed E-state index contributed by atoms with van der Waals surface area (Å²) in [4.78, 5) is 0. The van der Waals surface area contributed by atoms with Crippen LogP contribution in [-0.2, 0) is 0 Å². The smallest absolute Gasteiger partial charge is 0.0268 e. The van der Waals surface area contributed by atoms with E-state index in [1.54, 1.807) is 0 Å². The minimum Gasteiger partial charge on any atom is -0.0998 e. The molecule has 0 bridgehead atoms. The number of hydrogen-bond acceptors (Lipinski definition) is 0. The SMILES string of the molecule is C=C1CC(C)(C)C1. The quantitative estimate of drug-likeness (QED) is 0.406. The van der Waals surface area contributed by atoms with E-state index in [4.69, 9.17) is 0 Å². The van der Waals surface area contributed by atoms with Crippen molar-refractivity contribution in [1.82, 2.24) is 0 Å². The van der Waals surface area contributed by atoms with E-state index in [-0.39, 0.29) is 0 Å². The van der Waals surface area contributed by atoms with Crippen molar-refractivity contribution in [2.24, 2.45) is 5.41 Å². The molecule has 0 aromatic heterocycles. The molecule has 7 heavy (non-hydrogen) atoms. The molecule has 0 N–H and O–H groups in total. The van der Waals surface area contributed by atoms with Crippen molar-refractivity contribution < 1.29 is 0 Å². The van der Waals surface area contributed by atoms with Crippen LogP contribution in [0.2, 0.25) is 0 Å². The molecule has 40 valence electrons. The molecule has 0 unspecified atom stereocenters. The lowest BCUT2D eigenvalue weighted by Gasteiger charge is -2.36. The molecule has 0 saturated heterocycles. The molecule has 0 atom stereocenters. The first-order valence-corrected chi connectivity index (χ1v) is 2.77. The Bertz CT molecular complexity index is 88.6. The van der Waals surface area contributed by atoms with Gasteiger partial charge in [0, 0.05) is 0 Å². The molecule has 0 heterocycles. The van der Waals surface area contributed by atoms with Crippen LogP contribution in [0.15, 0.2) is 12.2 Å². The molecule has 0 radical (unpaired) electrons. The van der Waals surface area contributed by atoms with Crippen molar-refractivity contribution >= 4 is 0 Å². The van der Waals surface area contributed by atoms with Crippen LogP contribution in [0.25, 0.3) is 0 Å². The molecule has 1 saturated carbocycles. The fourth-order valence-corrected chi connectivity index (χ4v) is 1.30. The van der Waals surface area contributed by atoms with Crippen LogP contribution in [-0.4, -0.2) is 0 Å². The van der Waals surface area contributed by atoms with Crippen molar-refractivity contribution in [2.75, 3.05) is 0 Å². The van der Waals surface area contributed by atoms with Crippen LogP contribution >= 0.6 is 0 Å². The maximum absolute atomic E-state index is 3.86. The summed E-state index contributed by atoms with van der Waals surface area (Å²) in [7, 11) is 0. The van der Waals surface area contributed by atoms with Gasteiger partial charge in [0.25, 0.3) is 0 Å². The summed E-state index contributed by atoms with van der Waals surface area (Å²) in [6.45, 7) is 8.41. The first kappa shape index (κ1) is 4.89. The van der Waals surface area contributed by atoms with Crippen molar-refractivity contribution in [3.63, 3.8) is 0 Å². The molecular formula is C7H12. The Morgan fingerprint density at radius 3 is 1.86 bits per heavy atom. The number of hydrogen-bond donors (Lipinski definition) is 0. The average molecular weight is 96.2 g/mol. The Balaban J connectivity index is 2.43. The predicted octanol–water partition coefficient (Wildman–Crippen LogP) is 2.36. The van der Waals surface area contributed by atoms with Crippen LogP contribution < -0.4 is 0 Å². The van der Waals surface area contributed by atoms with Crippen LogP contribution in [0.4, 0.5) is 0 Å². The Kier molecular flexibility index (Phi) is 0.781. The minimum atomic E-state index is 0.594. The Labute approximate surface area is 45.2 Å². The maximum atomic E-state index is 3.86. The molecule has 1 fully saturated rings. The third-order valence-electron chi connectivity index (χ3n) is 1.46. The summed E-state index contributed by atoms with van der Waals surface area (Å²) in [6, 6.07) is 0. The summed E-state index contributed by atoms with van der Waals surface area (Å²) in [5.41, 5.74) is 2.02. The van der Waals surface area contributed by atoms with E-state index in [0.29, 0.717) is 5.41 Å². The van der Waals surface area contributed by atoms with Gasteiger partial charge in [-0.15, -0.1) is 0 Å². The zero-order valence-electron chi connectivity index (χ0n) is 5.12. The summed E-state index contributed by atoms with van der Waals surface area (Å²) in [5.74, 6) is 0. The summed E-state index contributed by atoms with van der Waals surface area (Å²) in [5, 5.41) is 0. The van der Waals surface area contributed by atoms with Gasteiger partial charge in [-0.25, -0.2) is 0 Å². The predicted molar refractivity (Wildman–Crippen MR) is 32.2 cm³/mol. The van der Waals surface area contributed by atoms with E-state index in [1.165, 1.54) is 18.4 Å². The van der Waals surface area contributed by atoms with E-state index < -0.39 is 0 Å². The van der Waals surface area contributed by atoms with Gasteiger partial charge in [-0.2, -0.15) is 0 Å². The van der Waals surface area contributed by atoms with Gasteiger partial charge in [0.05, 0.1) is 0 Å². The lowest BCUT2D eigenvalue weighted by atomic mass is 9.69. The normalized spacial score (nSPS) is 26.9. The van der Waals surface area contributed by atoms with Gasteiger partial charge in [-0.1, -0.05) is 26.0 Å². The molecule has 0 aromatic rings. The van der Waals surface area contributed by atoms with E-state index in [9.17, 15) is 0 Å². The molecule has 1 rings (SSSR count). The van der Waals surface area contributed by atoms with Crippen LogP contribution in [0.5, 0.6) is 0 Å². The molecule has 0 aromatic carbocycles. The molecular weight excluding hydrogens is 84.1 g/mol. The second-order valence-corrected chi connectivity index (χ2v) is 3.27. The highest BCUT2D eigenvalue weighted by Gasteiger charge is 2.28. The molecule has 0 amide bonds. The zero-order chi connectivity index (χ0) is 5.49. The second-order valence-electron chi connectivity index (χ2n) is 3.27. The Morgan fingerprint density at radius 1 is 1.43 bits per heavy atom. The summed E-state index contributed by atoms with van der Waals surface area (Å²) in [6.07, 6.45) is 2.49. The van der Waals surface area contributed by atoms with Gasteiger partial charge in [-0.3, -0.25) is 0 Å². The number of allylic oxidation sites excluding steroid dienone is 1. The average Bonchev–Trinajstić information content (AvgIpc) is 1.27. The molecule has 1 aliphatic rings. The van der Waals surface area contributed by atoms with Gasteiger partial charge in [0.15, 0.2) is 0 Å². The molecule has 0 heteroatoms. The summed E-state index contributed by atoms with van der Waals surface area (Å²) >= 11 is 0. The van der Waals surface area contributed by atoms with Gasteiger partial charge in [0.1, 0.15) is 0 Å². The van der Waals surface area contributed by atoms with Gasteiger partial charge in [-0.05, 0) is 18.3 Å². The monoisotopic (exact) mass is 96.1 g/mol. The summed E-state index contributed by atoms with van der Waals surface area (Å²) < 4.78 is 0. The second kappa shape index (κ2) is 1.12. The fraction of sp³-hybridized carbons (Fsp3) is 0.714. The van der Waals surface area contributed by atoms with Crippen LogP contribution in [0.3, 0.4) is 0 Å². The molecule has 0 spiro atoms. The number of rotatable bonds is 0. The minimum absolute atomic E-state index is 0.594. The largest absolute Gasteiger partial charge is 0.0998 e. The van der Waals surface area contributed by atoms with Crippen molar-refractivity contribution in [1.29, 1.82) is 0 Å². The van der Waals surface area contributed by atoms with Crippen LogP contribution in [0.1, 0.15) is 26.7 Å². The third kappa shape index (κ3) is 0.846. The highest BCUT2D eigenvalue weighted by atomic mass is 14.3. The maximum Gasteiger partial charge on any atom is -0.0268 e. The van der Waals surface area contributed by atoms with Gasteiger partial charge in [0.2, 0.25) is 0 Å². The fourth-order valence-electron chi connectivity index (χ4n) is 1.30. The van der Waals surface area contributed by atoms with Crippen molar-refractivity contribution in [2.45, 2.75) is 26.7 Å². The topological polar surface area (TPSA) is 0 Å². The Hall–Kier alpha value is -0.260. The van der Waals surface area contributed by atoms with E-state index in [1.807, 2.05) is 0 Å². The Morgan fingerprint density at radius 2 is 1.86 bits per heavy atom. The zero-order valence-corrected chi connectivity index (χ0v) is 5.12. The lowest BCUT2D eigenvalue weighted by Crippen LogP contribution is -2.22. The van der Waals surface area contributed by atoms with Gasteiger partial charge < -0.3 is 0 Å². The molecule has 1 aliphatic carbocycles. The van der Waals surface area contributed by atoms with Crippen molar-refractivity contribution in [3.05, 3.63) is 12.2 Å². The first-order chi connectivity index (χ1) is 3.10. The van der Waals surface area contributed by atoms with Crippen molar-refractivity contribution in [3.8, 4) is 0 Å². The highest BCUT2D eigenvalue weighted by molar-refractivity contribution is 5.11.